The molecule has 1 aromatic heterocycles. The second kappa shape index (κ2) is 7.64. The van der Waals surface area contributed by atoms with E-state index in [1.54, 1.807) is 10.7 Å². The molecule has 0 saturated heterocycles. The van der Waals surface area contributed by atoms with Crippen LogP contribution in [0.3, 0.4) is 0 Å². The fourth-order valence-electron chi connectivity index (χ4n) is 1.89. The first kappa shape index (κ1) is 16.1. The summed E-state index contributed by atoms with van der Waals surface area (Å²) in [6.45, 7) is 4.00. The quantitative estimate of drug-likeness (QED) is 0.793. The van der Waals surface area contributed by atoms with Crippen LogP contribution >= 0.6 is 23.2 Å². The predicted molar refractivity (Wildman–Crippen MR) is 83.8 cm³/mol. The van der Waals surface area contributed by atoms with Crippen LogP contribution in [0, 0.1) is 0 Å². The number of aryl methyl sites for hydroxylation is 1. The standard InChI is InChI=1S/C14H18Cl2N4O/c1-3-4-17-7-10-5-11(15)6-12(16)14(10)21-8-13-18-9-19-20(13)2/h5-6,9,17H,3-4,7-8H2,1-2H3. The van der Waals surface area contributed by atoms with Crippen molar-refractivity contribution >= 4 is 23.2 Å². The van der Waals surface area contributed by atoms with E-state index in [0.29, 0.717) is 28.9 Å². The Bertz CT molecular complexity index is 601. The van der Waals surface area contributed by atoms with Gasteiger partial charge in [0.25, 0.3) is 0 Å². The average molecular weight is 329 g/mol. The molecule has 0 radical (unpaired) electrons. The first-order valence-electron chi connectivity index (χ1n) is 6.76. The van der Waals surface area contributed by atoms with Crippen molar-refractivity contribution in [3.05, 3.63) is 39.9 Å². The summed E-state index contributed by atoms with van der Waals surface area (Å²) in [6.07, 6.45) is 2.55. The van der Waals surface area contributed by atoms with Gasteiger partial charge in [-0.15, -0.1) is 0 Å². The van der Waals surface area contributed by atoms with Crippen LogP contribution in [0.5, 0.6) is 5.75 Å². The van der Waals surface area contributed by atoms with Crippen LogP contribution in [0.25, 0.3) is 0 Å². The second-order valence-corrected chi connectivity index (χ2v) is 5.48. The largest absolute Gasteiger partial charge is 0.484 e. The van der Waals surface area contributed by atoms with E-state index in [1.165, 1.54) is 6.33 Å². The van der Waals surface area contributed by atoms with Crippen molar-refractivity contribution in [2.24, 2.45) is 7.05 Å². The van der Waals surface area contributed by atoms with Gasteiger partial charge in [0.2, 0.25) is 0 Å². The highest BCUT2D eigenvalue weighted by Gasteiger charge is 2.12. The second-order valence-electron chi connectivity index (χ2n) is 4.64. The Hall–Kier alpha value is -1.30. The highest BCUT2D eigenvalue weighted by atomic mass is 35.5. The number of halogens is 2. The van der Waals surface area contributed by atoms with Crippen LogP contribution in [-0.4, -0.2) is 21.3 Å². The maximum atomic E-state index is 6.25. The lowest BCUT2D eigenvalue weighted by molar-refractivity contribution is 0.286. The van der Waals surface area contributed by atoms with Crippen LogP contribution < -0.4 is 10.1 Å². The Morgan fingerprint density at radius 3 is 2.81 bits per heavy atom. The SMILES string of the molecule is CCCNCc1cc(Cl)cc(Cl)c1OCc1ncnn1C. The predicted octanol–water partition coefficient (Wildman–Crippen LogP) is 3.20. The fraction of sp³-hybridized carbons (Fsp3) is 0.429. The summed E-state index contributed by atoms with van der Waals surface area (Å²) in [6, 6.07) is 3.54. The molecule has 0 aliphatic heterocycles. The molecule has 2 rings (SSSR count). The lowest BCUT2D eigenvalue weighted by Gasteiger charge is -2.14. The highest BCUT2D eigenvalue weighted by molar-refractivity contribution is 6.35. The average Bonchev–Trinajstić information content (AvgIpc) is 2.83. The van der Waals surface area contributed by atoms with Crippen molar-refractivity contribution in [3.63, 3.8) is 0 Å². The molecule has 2 aromatic rings. The lowest BCUT2D eigenvalue weighted by atomic mass is 10.2. The minimum atomic E-state index is 0.304. The minimum absolute atomic E-state index is 0.304. The van der Waals surface area contributed by atoms with Crippen LogP contribution in [0.1, 0.15) is 24.7 Å². The molecule has 0 spiro atoms. The van der Waals surface area contributed by atoms with Crippen LogP contribution in [0.15, 0.2) is 18.5 Å². The molecule has 5 nitrogen and oxygen atoms in total. The number of nitrogens with one attached hydrogen (secondary N) is 1. The molecule has 21 heavy (non-hydrogen) atoms. The number of nitrogens with zero attached hydrogens (tertiary/aromatic N) is 3. The fourth-order valence-corrected chi connectivity index (χ4v) is 2.48. The van der Waals surface area contributed by atoms with E-state index in [2.05, 4.69) is 22.3 Å². The van der Waals surface area contributed by atoms with E-state index in [-0.39, 0.29) is 0 Å². The van der Waals surface area contributed by atoms with Crippen LogP contribution in [0.2, 0.25) is 10.0 Å². The normalized spacial score (nSPS) is 10.9. The van der Waals surface area contributed by atoms with Gasteiger partial charge < -0.3 is 10.1 Å². The van der Waals surface area contributed by atoms with Gasteiger partial charge in [0.15, 0.2) is 5.82 Å². The maximum Gasteiger partial charge on any atom is 0.164 e. The zero-order chi connectivity index (χ0) is 15.2. The van der Waals surface area contributed by atoms with Gasteiger partial charge in [-0.05, 0) is 25.1 Å². The maximum absolute atomic E-state index is 6.25. The third kappa shape index (κ3) is 4.33. The molecule has 0 aliphatic rings. The molecule has 0 bridgehead atoms. The number of hydrogen-bond donors (Lipinski definition) is 1. The Kier molecular flexibility index (Phi) is 5.85. The van der Waals surface area contributed by atoms with E-state index in [1.807, 2.05) is 13.1 Å². The molecule has 7 heteroatoms. The molecule has 1 heterocycles. The third-order valence-electron chi connectivity index (χ3n) is 2.98. The van der Waals surface area contributed by atoms with Crippen molar-refractivity contribution in [3.8, 4) is 5.75 Å². The Morgan fingerprint density at radius 1 is 1.33 bits per heavy atom. The molecule has 0 atom stereocenters. The van der Waals surface area contributed by atoms with Gasteiger partial charge in [0, 0.05) is 24.2 Å². The van der Waals surface area contributed by atoms with E-state index < -0.39 is 0 Å². The molecule has 0 aliphatic carbocycles. The summed E-state index contributed by atoms with van der Waals surface area (Å²) in [4.78, 5) is 4.13. The summed E-state index contributed by atoms with van der Waals surface area (Å²) in [5.74, 6) is 1.36. The summed E-state index contributed by atoms with van der Waals surface area (Å²) in [5.41, 5.74) is 0.933. The molecule has 0 fully saturated rings. The highest BCUT2D eigenvalue weighted by Crippen LogP contribution is 2.33. The number of hydrogen-bond acceptors (Lipinski definition) is 4. The molecule has 0 saturated carbocycles. The van der Waals surface area contributed by atoms with Crippen molar-refractivity contribution in [2.75, 3.05) is 6.54 Å². The van der Waals surface area contributed by atoms with E-state index in [9.17, 15) is 0 Å². The van der Waals surface area contributed by atoms with E-state index in [0.717, 1.165) is 24.4 Å². The summed E-state index contributed by atoms with van der Waals surface area (Å²) >= 11 is 12.3. The van der Waals surface area contributed by atoms with Crippen LogP contribution in [-0.2, 0) is 20.2 Å². The van der Waals surface area contributed by atoms with E-state index >= 15 is 0 Å². The number of benzene rings is 1. The summed E-state index contributed by atoms with van der Waals surface area (Å²) < 4.78 is 7.49. The topological polar surface area (TPSA) is 52.0 Å². The van der Waals surface area contributed by atoms with Gasteiger partial charge in [-0.25, -0.2) is 4.98 Å². The van der Waals surface area contributed by atoms with Gasteiger partial charge in [-0.3, -0.25) is 4.68 Å². The van der Waals surface area contributed by atoms with Gasteiger partial charge in [-0.1, -0.05) is 30.1 Å². The molecule has 1 aromatic carbocycles. The molecule has 114 valence electrons. The van der Waals surface area contributed by atoms with E-state index in [4.69, 9.17) is 27.9 Å². The van der Waals surface area contributed by atoms with Crippen molar-refractivity contribution < 1.29 is 4.74 Å². The molecular formula is C14H18Cl2N4O. The molecule has 0 unspecified atom stereocenters. The van der Waals surface area contributed by atoms with Gasteiger partial charge in [0.05, 0.1) is 5.02 Å². The first-order valence-corrected chi connectivity index (χ1v) is 7.51. The van der Waals surface area contributed by atoms with Crippen molar-refractivity contribution in [1.29, 1.82) is 0 Å². The van der Waals surface area contributed by atoms with Crippen LogP contribution in [0.4, 0.5) is 0 Å². The Balaban J connectivity index is 2.14. The molecule has 0 amide bonds. The summed E-state index contributed by atoms with van der Waals surface area (Å²) in [7, 11) is 1.82. The lowest BCUT2D eigenvalue weighted by Crippen LogP contribution is -2.15. The van der Waals surface area contributed by atoms with Crippen molar-refractivity contribution in [1.82, 2.24) is 20.1 Å². The zero-order valence-corrected chi connectivity index (χ0v) is 13.6. The zero-order valence-electron chi connectivity index (χ0n) is 12.1. The smallest absolute Gasteiger partial charge is 0.164 e. The van der Waals surface area contributed by atoms with Gasteiger partial charge >= 0.3 is 0 Å². The number of ether oxygens (including phenoxy) is 1. The van der Waals surface area contributed by atoms with Gasteiger partial charge in [-0.2, -0.15) is 5.10 Å². The third-order valence-corrected chi connectivity index (χ3v) is 3.48. The molecule has 1 N–H and O–H groups in total. The number of rotatable bonds is 7. The van der Waals surface area contributed by atoms with Crippen molar-refractivity contribution in [2.45, 2.75) is 26.5 Å². The Labute approximate surface area is 134 Å². The van der Waals surface area contributed by atoms with Gasteiger partial charge in [0.1, 0.15) is 18.7 Å². The first-order chi connectivity index (χ1) is 10.1. The Morgan fingerprint density at radius 2 is 2.14 bits per heavy atom. The molecular weight excluding hydrogens is 311 g/mol. The number of aromatic nitrogens is 3. The monoisotopic (exact) mass is 328 g/mol. The minimum Gasteiger partial charge on any atom is -0.484 e. The summed E-state index contributed by atoms with van der Waals surface area (Å²) in [5, 5.41) is 8.42.